The molecule has 0 aromatic rings. The van der Waals surface area contributed by atoms with Gasteiger partial charge in [-0.1, -0.05) is 19.4 Å². The fourth-order valence-corrected chi connectivity index (χ4v) is 1.16. The van der Waals surface area contributed by atoms with Crippen LogP contribution in [0.5, 0.6) is 0 Å². The van der Waals surface area contributed by atoms with Gasteiger partial charge in [0.1, 0.15) is 0 Å². The Morgan fingerprint density at radius 2 is 2.14 bits per heavy atom. The van der Waals surface area contributed by atoms with Crippen LogP contribution in [0.15, 0.2) is 11.6 Å². The summed E-state index contributed by atoms with van der Waals surface area (Å²) >= 11 is 0. The lowest BCUT2D eigenvalue weighted by Gasteiger charge is -2.07. The highest BCUT2D eigenvalue weighted by Gasteiger charge is 2.10. The van der Waals surface area contributed by atoms with E-state index < -0.39 is 0 Å². The summed E-state index contributed by atoms with van der Waals surface area (Å²) in [5.74, 6) is -0.224. The maximum absolute atomic E-state index is 11.4. The van der Waals surface area contributed by atoms with Crippen LogP contribution in [0.25, 0.3) is 0 Å². The Kier molecular flexibility index (Phi) is 7.11. The van der Waals surface area contributed by atoms with Gasteiger partial charge in [-0.25, -0.2) is 4.79 Å². The zero-order valence-corrected chi connectivity index (χ0v) is 9.38. The van der Waals surface area contributed by atoms with Crippen LogP contribution in [-0.2, 0) is 9.53 Å². The molecule has 0 fully saturated rings. The predicted molar refractivity (Wildman–Crippen MR) is 57.9 cm³/mol. The first-order valence-electron chi connectivity index (χ1n) is 5.25. The molecule has 0 saturated heterocycles. The number of carbonyl (C=O) groups is 1. The fourth-order valence-electron chi connectivity index (χ4n) is 1.16. The van der Waals surface area contributed by atoms with Crippen LogP contribution in [-0.4, -0.2) is 18.6 Å². The lowest BCUT2D eigenvalue weighted by molar-refractivity contribution is -0.138. The van der Waals surface area contributed by atoms with Gasteiger partial charge in [-0.3, -0.25) is 0 Å². The smallest absolute Gasteiger partial charge is 0.333 e. The van der Waals surface area contributed by atoms with Crippen molar-refractivity contribution in [3.8, 4) is 0 Å². The summed E-state index contributed by atoms with van der Waals surface area (Å²) in [5, 5.41) is 0. The third-order valence-corrected chi connectivity index (χ3v) is 1.80. The monoisotopic (exact) mass is 199 g/mol. The molecule has 0 aliphatic carbocycles. The van der Waals surface area contributed by atoms with Crippen molar-refractivity contribution >= 4 is 5.97 Å². The second kappa shape index (κ2) is 7.56. The van der Waals surface area contributed by atoms with E-state index in [-0.39, 0.29) is 12.0 Å². The molecule has 82 valence electrons. The number of hydrogen-bond acceptors (Lipinski definition) is 3. The molecule has 0 amide bonds. The molecule has 1 atom stereocenters. The molecule has 0 aromatic carbocycles. The maximum atomic E-state index is 11.4. The minimum Gasteiger partial charge on any atom is -0.463 e. The first-order chi connectivity index (χ1) is 6.61. The SMILES string of the molecule is CCCCC(=CC(C)N)C(=O)OCC. The van der Waals surface area contributed by atoms with Crippen LogP contribution in [0, 0.1) is 0 Å². The standard InChI is InChI=1S/C11H21NO2/c1-4-6-7-10(8-9(3)12)11(13)14-5-2/h8-9H,4-7,12H2,1-3H3. The summed E-state index contributed by atoms with van der Waals surface area (Å²) in [6, 6.07) is -0.0914. The van der Waals surface area contributed by atoms with Crippen LogP contribution >= 0.6 is 0 Å². The highest BCUT2D eigenvalue weighted by atomic mass is 16.5. The lowest BCUT2D eigenvalue weighted by Crippen LogP contribution is -2.16. The molecule has 0 heterocycles. The molecule has 0 aromatic heterocycles. The number of ether oxygens (including phenoxy) is 1. The normalized spacial score (nSPS) is 13.9. The van der Waals surface area contributed by atoms with Crippen molar-refractivity contribution in [3.63, 3.8) is 0 Å². The summed E-state index contributed by atoms with van der Waals surface area (Å²) in [7, 11) is 0. The minimum absolute atomic E-state index is 0.0914. The minimum atomic E-state index is -0.224. The van der Waals surface area contributed by atoms with Gasteiger partial charge in [0, 0.05) is 11.6 Å². The number of hydrogen-bond donors (Lipinski definition) is 1. The van der Waals surface area contributed by atoms with Gasteiger partial charge < -0.3 is 10.5 Å². The van der Waals surface area contributed by atoms with Crippen molar-refractivity contribution in [1.29, 1.82) is 0 Å². The number of nitrogens with two attached hydrogens (primary N) is 1. The summed E-state index contributed by atoms with van der Waals surface area (Å²) in [5.41, 5.74) is 6.33. The van der Waals surface area contributed by atoms with Crippen LogP contribution in [0.2, 0.25) is 0 Å². The van der Waals surface area contributed by atoms with Gasteiger partial charge in [0.05, 0.1) is 6.61 Å². The summed E-state index contributed by atoms with van der Waals surface area (Å²) in [4.78, 5) is 11.4. The van der Waals surface area contributed by atoms with E-state index >= 15 is 0 Å². The second-order valence-electron chi connectivity index (χ2n) is 3.38. The zero-order valence-electron chi connectivity index (χ0n) is 9.38. The van der Waals surface area contributed by atoms with Gasteiger partial charge in [-0.15, -0.1) is 0 Å². The predicted octanol–water partition coefficient (Wildman–Crippen LogP) is 2.01. The third kappa shape index (κ3) is 5.75. The van der Waals surface area contributed by atoms with Crippen molar-refractivity contribution in [3.05, 3.63) is 11.6 Å². The quantitative estimate of drug-likeness (QED) is 0.526. The molecule has 0 spiro atoms. The average molecular weight is 199 g/mol. The Balaban J connectivity index is 4.30. The van der Waals surface area contributed by atoms with Crippen molar-refractivity contribution in [1.82, 2.24) is 0 Å². The van der Waals surface area contributed by atoms with E-state index in [1.807, 2.05) is 6.92 Å². The van der Waals surface area contributed by atoms with Gasteiger partial charge >= 0.3 is 5.97 Å². The Morgan fingerprint density at radius 1 is 1.50 bits per heavy atom. The Labute approximate surface area is 86.3 Å². The van der Waals surface area contributed by atoms with Crippen LogP contribution in [0.4, 0.5) is 0 Å². The van der Waals surface area contributed by atoms with E-state index in [0.29, 0.717) is 12.2 Å². The Bertz CT molecular complexity index is 197. The summed E-state index contributed by atoms with van der Waals surface area (Å²) < 4.78 is 4.94. The summed E-state index contributed by atoms with van der Waals surface area (Å²) in [6.45, 7) is 6.17. The van der Waals surface area contributed by atoms with Crippen LogP contribution < -0.4 is 5.73 Å². The molecule has 0 bridgehead atoms. The van der Waals surface area contributed by atoms with E-state index in [1.54, 1.807) is 13.0 Å². The number of rotatable bonds is 6. The van der Waals surface area contributed by atoms with E-state index in [9.17, 15) is 4.79 Å². The third-order valence-electron chi connectivity index (χ3n) is 1.80. The number of unbranched alkanes of at least 4 members (excludes halogenated alkanes) is 1. The molecule has 0 aliphatic rings. The molecule has 1 unspecified atom stereocenters. The first kappa shape index (κ1) is 13.2. The molecular weight excluding hydrogens is 178 g/mol. The largest absolute Gasteiger partial charge is 0.463 e. The molecule has 0 rings (SSSR count). The van der Waals surface area contributed by atoms with Crippen LogP contribution in [0.3, 0.4) is 0 Å². The second-order valence-corrected chi connectivity index (χ2v) is 3.38. The van der Waals surface area contributed by atoms with Crippen LogP contribution in [0.1, 0.15) is 40.0 Å². The molecule has 14 heavy (non-hydrogen) atoms. The Morgan fingerprint density at radius 3 is 2.57 bits per heavy atom. The summed E-state index contributed by atoms with van der Waals surface area (Å²) in [6.07, 6.45) is 4.61. The van der Waals surface area contributed by atoms with Crippen molar-refractivity contribution in [2.24, 2.45) is 5.73 Å². The van der Waals surface area contributed by atoms with Crippen molar-refractivity contribution in [2.45, 2.75) is 46.1 Å². The molecule has 0 saturated carbocycles. The zero-order chi connectivity index (χ0) is 11.0. The molecule has 2 N–H and O–H groups in total. The maximum Gasteiger partial charge on any atom is 0.333 e. The highest BCUT2D eigenvalue weighted by molar-refractivity contribution is 5.88. The van der Waals surface area contributed by atoms with Gasteiger partial charge in [-0.2, -0.15) is 0 Å². The van der Waals surface area contributed by atoms with Crippen molar-refractivity contribution < 1.29 is 9.53 Å². The first-order valence-corrected chi connectivity index (χ1v) is 5.25. The Hall–Kier alpha value is -0.830. The molecule has 0 aliphatic heterocycles. The molecule has 3 heteroatoms. The number of carbonyl (C=O) groups excluding carboxylic acids is 1. The van der Waals surface area contributed by atoms with E-state index in [2.05, 4.69) is 6.92 Å². The van der Waals surface area contributed by atoms with Gasteiger partial charge in [-0.05, 0) is 26.7 Å². The van der Waals surface area contributed by atoms with Crippen molar-refractivity contribution in [2.75, 3.05) is 6.61 Å². The highest BCUT2D eigenvalue weighted by Crippen LogP contribution is 2.10. The van der Waals surface area contributed by atoms with Gasteiger partial charge in [0.2, 0.25) is 0 Å². The molecule has 0 radical (unpaired) electrons. The van der Waals surface area contributed by atoms with E-state index in [0.717, 1.165) is 19.3 Å². The van der Waals surface area contributed by atoms with Gasteiger partial charge in [0.25, 0.3) is 0 Å². The average Bonchev–Trinajstić information content (AvgIpc) is 2.12. The van der Waals surface area contributed by atoms with E-state index in [4.69, 9.17) is 10.5 Å². The van der Waals surface area contributed by atoms with E-state index in [1.165, 1.54) is 0 Å². The number of esters is 1. The molecule has 3 nitrogen and oxygen atoms in total. The molecular formula is C11H21NO2. The van der Waals surface area contributed by atoms with Gasteiger partial charge in [0.15, 0.2) is 0 Å². The fraction of sp³-hybridized carbons (Fsp3) is 0.727. The lowest BCUT2D eigenvalue weighted by atomic mass is 10.1. The topological polar surface area (TPSA) is 52.3 Å².